The Kier molecular flexibility index (Phi) is 6.96. The Morgan fingerprint density at radius 3 is 2.65 bits per heavy atom. The average molecular weight is 295 g/mol. The van der Waals surface area contributed by atoms with E-state index < -0.39 is 9.84 Å². The zero-order chi connectivity index (χ0) is 15.0. The van der Waals surface area contributed by atoms with Crippen molar-refractivity contribution in [3.8, 4) is 0 Å². The summed E-state index contributed by atoms with van der Waals surface area (Å²) in [6.45, 7) is 4.59. The molecule has 0 fully saturated rings. The number of hydrogen-bond donors (Lipinski definition) is 1. The molecule has 0 aliphatic heterocycles. The van der Waals surface area contributed by atoms with Crippen molar-refractivity contribution in [1.29, 1.82) is 0 Å². The van der Waals surface area contributed by atoms with E-state index in [1.165, 1.54) is 0 Å². The molecule has 0 amide bonds. The van der Waals surface area contributed by atoms with Crippen molar-refractivity contribution in [1.82, 2.24) is 0 Å². The largest absolute Gasteiger partial charge is 0.327 e. The molecule has 0 spiro atoms. The van der Waals surface area contributed by atoms with Gasteiger partial charge in [-0.3, -0.25) is 0 Å². The summed E-state index contributed by atoms with van der Waals surface area (Å²) in [7, 11) is -3.21. The van der Waals surface area contributed by atoms with E-state index in [-0.39, 0.29) is 11.7 Å². The quantitative estimate of drug-likeness (QED) is 0.800. The molecule has 1 aromatic carbocycles. The molecule has 0 aliphatic carbocycles. The van der Waals surface area contributed by atoms with Crippen molar-refractivity contribution in [3.05, 3.63) is 35.9 Å². The summed E-state index contributed by atoms with van der Waals surface area (Å²) >= 11 is 0. The molecule has 0 heterocycles. The van der Waals surface area contributed by atoms with Crippen LogP contribution in [0.15, 0.2) is 35.2 Å². The standard InChI is InChI=1S/C16H25NO2S/c1-3-7-14(4-2)13-20(18,19)16-10-5-8-15(12-16)9-6-11-17/h5-6,8-10,12,14H,3-4,7,11,13,17H2,1-2H3. The molecule has 1 rings (SSSR count). The van der Waals surface area contributed by atoms with Crippen LogP contribution in [0.1, 0.15) is 38.7 Å². The molecular formula is C16H25NO2S. The van der Waals surface area contributed by atoms with Crippen LogP contribution in [0, 0.1) is 5.92 Å². The third kappa shape index (κ3) is 5.10. The molecule has 2 N–H and O–H groups in total. The van der Waals surface area contributed by atoms with Crippen LogP contribution in [0.25, 0.3) is 6.08 Å². The van der Waals surface area contributed by atoms with E-state index in [4.69, 9.17) is 5.73 Å². The highest BCUT2D eigenvalue weighted by Crippen LogP contribution is 2.20. The molecule has 1 unspecified atom stereocenters. The molecule has 0 aliphatic rings. The van der Waals surface area contributed by atoms with Gasteiger partial charge in [0.2, 0.25) is 0 Å². The van der Waals surface area contributed by atoms with Crippen LogP contribution in [0.5, 0.6) is 0 Å². The Hall–Kier alpha value is -1.13. The highest BCUT2D eigenvalue weighted by atomic mass is 32.2. The monoisotopic (exact) mass is 295 g/mol. The van der Waals surface area contributed by atoms with Gasteiger partial charge in [-0.05, 0) is 30.0 Å². The minimum atomic E-state index is -3.21. The minimum Gasteiger partial charge on any atom is -0.327 e. The molecule has 0 saturated heterocycles. The van der Waals surface area contributed by atoms with Gasteiger partial charge in [0.05, 0.1) is 10.6 Å². The maximum atomic E-state index is 12.5. The number of sulfone groups is 1. The van der Waals surface area contributed by atoms with Crippen molar-refractivity contribution in [3.63, 3.8) is 0 Å². The SMILES string of the molecule is CCCC(CC)CS(=O)(=O)c1cccc(C=CCN)c1. The topological polar surface area (TPSA) is 60.2 Å². The first-order valence-electron chi connectivity index (χ1n) is 7.22. The van der Waals surface area contributed by atoms with Gasteiger partial charge in [-0.2, -0.15) is 0 Å². The summed E-state index contributed by atoms with van der Waals surface area (Å²) in [5.41, 5.74) is 6.29. The van der Waals surface area contributed by atoms with Gasteiger partial charge in [-0.15, -0.1) is 0 Å². The second-order valence-electron chi connectivity index (χ2n) is 5.05. The van der Waals surface area contributed by atoms with Gasteiger partial charge >= 0.3 is 0 Å². The van der Waals surface area contributed by atoms with Gasteiger partial charge in [-0.25, -0.2) is 8.42 Å². The van der Waals surface area contributed by atoms with E-state index in [9.17, 15) is 8.42 Å². The number of rotatable bonds is 8. The highest BCUT2D eigenvalue weighted by Gasteiger charge is 2.19. The van der Waals surface area contributed by atoms with Gasteiger partial charge in [-0.1, -0.05) is 51.0 Å². The predicted octanol–water partition coefficient (Wildman–Crippen LogP) is 3.26. The molecule has 1 aromatic rings. The van der Waals surface area contributed by atoms with E-state index in [1.54, 1.807) is 18.2 Å². The Labute approximate surface area is 122 Å². The Morgan fingerprint density at radius 1 is 1.30 bits per heavy atom. The minimum absolute atomic E-state index is 0.237. The summed E-state index contributed by atoms with van der Waals surface area (Å²) in [5.74, 6) is 0.481. The lowest BCUT2D eigenvalue weighted by molar-refractivity contribution is 0.498. The lowest BCUT2D eigenvalue weighted by Crippen LogP contribution is -2.16. The van der Waals surface area contributed by atoms with Crippen molar-refractivity contribution >= 4 is 15.9 Å². The van der Waals surface area contributed by atoms with Crippen LogP contribution in [0.2, 0.25) is 0 Å². The van der Waals surface area contributed by atoms with Crippen LogP contribution in [0.3, 0.4) is 0 Å². The summed E-state index contributed by atoms with van der Waals surface area (Å²) < 4.78 is 24.9. The fraction of sp³-hybridized carbons (Fsp3) is 0.500. The van der Waals surface area contributed by atoms with Gasteiger partial charge in [0.1, 0.15) is 0 Å². The maximum Gasteiger partial charge on any atom is 0.178 e. The van der Waals surface area contributed by atoms with E-state index in [0.29, 0.717) is 11.4 Å². The number of nitrogens with two attached hydrogens (primary N) is 1. The first-order chi connectivity index (χ1) is 9.53. The van der Waals surface area contributed by atoms with E-state index >= 15 is 0 Å². The molecular weight excluding hydrogens is 270 g/mol. The third-order valence-electron chi connectivity index (χ3n) is 3.39. The summed E-state index contributed by atoms with van der Waals surface area (Å²) in [4.78, 5) is 0.409. The smallest absolute Gasteiger partial charge is 0.178 e. The number of hydrogen-bond acceptors (Lipinski definition) is 3. The highest BCUT2D eigenvalue weighted by molar-refractivity contribution is 7.91. The van der Waals surface area contributed by atoms with Gasteiger partial charge in [0.15, 0.2) is 9.84 Å². The Bertz CT molecular complexity index is 535. The summed E-state index contributed by atoms with van der Waals surface area (Å²) in [5, 5.41) is 0. The fourth-order valence-corrected chi connectivity index (χ4v) is 4.05. The molecule has 0 bridgehead atoms. The van der Waals surface area contributed by atoms with Gasteiger partial charge in [0, 0.05) is 6.54 Å². The van der Waals surface area contributed by atoms with Crippen LogP contribution in [0.4, 0.5) is 0 Å². The van der Waals surface area contributed by atoms with Gasteiger partial charge < -0.3 is 5.73 Å². The zero-order valence-electron chi connectivity index (χ0n) is 12.4. The first-order valence-corrected chi connectivity index (χ1v) is 8.88. The second-order valence-corrected chi connectivity index (χ2v) is 7.09. The predicted molar refractivity (Wildman–Crippen MR) is 85.3 cm³/mol. The zero-order valence-corrected chi connectivity index (χ0v) is 13.2. The Balaban J connectivity index is 2.94. The second kappa shape index (κ2) is 8.22. The molecule has 1 atom stereocenters. The fourth-order valence-electron chi connectivity index (χ4n) is 2.24. The number of benzene rings is 1. The van der Waals surface area contributed by atoms with Gasteiger partial charge in [0.25, 0.3) is 0 Å². The molecule has 20 heavy (non-hydrogen) atoms. The van der Waals surface area contributed by atoms with Crippen LogP contribution < -0.4 is 5.73 Å². The summed E-state index contributed by atoms with van der Waals surface area (Å²) in [6, 6.07) is 7.06. The average Bonchev–Trinajstić information content (AvgIpc) is 2.44. The van der Waals surface area contributed by atoms with Crippen LogP contribution >= 0.6 is 0 Å². The third-order valence-corrected chi connectivity index (χ3v) is 5.28. The molecule has 4 heteroatoms. The van der Waals surface area contributed by atoms with E-state index in [2.05, 4.69) is 13.8 Å². The van der Waals surface area contributed by atoms with Crippen molar-refractivity contribution < 1.29 is 8.42 Å². The van der Waals surface area contributed by atoms with E-state index in [0.717, 1.165) is 24.8 Å². The Morgan fingerprint density at radius 2 is 2.05 bits per heavy atom. The van der Waals surface area contributed by atoms with Crippen molar-refractivity contribution in [2.24, 2.45) is 11.7 Å². The maximum absolute atomic E-state index is 12.5. The van der Waals surface area contributed by atoms with Crippen molar-refractivity contribution in [2.75, 3.05) is 12.3 Å². The first kappa shape index (κ1) is 16.9. The lowest BCUT2D eigenvalue weighted by Gasteiger charge is -2.14. The molecule has 0 saturated carbocycles. The van der Waals surface area contributed by atoms with E-state index in [1.807, 2.05) is 18.2 Å². The normalized spacial score (nSPS) is 13.8. The molecule has 3 nitrogen and oxygen atoms in total. The molecule has 0 radical (unpaired) electrons. The van der Waals surface area contributed by atoms with Crippen molar-refractivity contribution in [2.45, 2.75) is 38.0 Å². The lowest BCUT2D eigenvalue weighted by atomic mass is 10.0. The molecule has 112 valence electrons. The summed E-state index contributed by atoms with van der Waals surface area (Å²) in [6.07, 6.45) is 6.55. The van der Waals surface area contributed by atoms with Crippen LogP contribution in [-0.4, -0.2) is 20.7 Å². The molecule has 0 aromatic heterocycles. The van der Waals surface area contributed by atoms with Crippen LogP contribution in [-0.2, 0) is 9.84 Å².